The first-order valence-corrected chi connectivity index (χ1v) is 7.95. The van der Waals surface area contributed by atoms with Crippen molar-refractivity contribution in [2.45, 2.75) is 0 Å². The van der Waals surface area contributed by atoms with Gasteiger partial charge in [0.2, 0.25) is 5.95 Å². The Morgan fingerprint density at radius 3 is 2.50 bits per heavy atom. The van der Waals surface area contributed by atoms with Crippen LogP contribution in [0.4, 0.5) is 11.6 Å². The van der Waals surface area contributed by atoms with Crippen LogP contribution in [0.5, 0.6) is 5.75 Å². The minimum Gasteiger partial charge on any atom is -0.497 e. The Hall–Kier alpha value is -3.74. The number of nitrogens with one attached hydrogen (secondary N) is 2. The van der Waals surface area contributed by atoms with Crippen molar-refractivity contribution >= 4 is 22.7 Å². The molecule has 26 heavy (non-hydrogen) atoms. The molecule has 7 nitrogen and oxygen atoms in total. The van der Waals surface area contributed by atoms with Crippen molar-refractivity contribution in [3.63, 3.8) is 0 Å². The second kappa shape index (κ2) is 6.64. The lowest BCUT2D eigenvalue weighted by molar-refractivity contribution is 0.415. The summed E-state index contributed by atoms with van der Waals surface area (Å²) in [6.07, 6.45) is 5.01. The van der Waals surface area contributed by atoms with E-state index in [0.29, 0.717) is 17.0 Å². The summed E-state index contributed by atoms with van der Waals surface area (Å²) in [4.78, 5) is 28.1. The van der Waals surface area contributed by atoms with Crippen LogP contribution in [0.2, 0.25) is 0 Å². The molecule has 0 bridgehead atoms. The molecule has 4 aromatic rings. The van der Waals surface area contributed by atoms with E-state index in [2.05, 4.69) is 25.3 Å². The Morgan fingerprint density at radius 1 is 1.00 bits per heavy atom. The van der Waals surface area contributed by atoms with Crippen LogP contribution in [0, 0.1) is 0 Å². The van der Waals surface area contributed by atoms with E-state index in [0.717, 1.165) is 22.6 Å². The van der Waals surface area contributed by atoms with Crippen LogP contribution >= 0.6 is 0 Å². The lowest BCUT2D eigenvalue weighted by atomic mass is 10.1. The zero-order chi connectivity index (χ0) is 17.9. The predicted octanol–water partition coefficient (Wildman–Crippen LogP) is 3.13. The van der Waals surface area contributed by atoms with Crippen molar-refractivity contribution in [2.24, 2.45) is 0 Å². The largest absolute Gasteiger partial charge is 0.497 e. The number of anilines is 2. The van der Waals surface area contributed by atoms with Crippen LogP contribution < -0.4 is 15.6 Å². The van der Waals surface area contributed by atoms with E-state index < -0.39 is 0 Å². The lowest BCUT2D eigenvalue weighted by Crippen LogP contribution is -2.13. The average Bonchev–Trinajstić information content (AvgIpc) is 2.69. The van der Waals surface area contributed by atoms with Crippen LogP contribution in [-0.4, -0.2) is 27.0 Å². The first-order valence-electron chi connectivity index (χ1n) is 7.95. The summed E-state index contributed by atoms with van der Waals surface area (Å²) < 4.78 is 5.14. The Morgan fingerprint density at radius 2 is 1.77 bits per heavy atom. The van der Waals surface area contributed by atoms with Crippen molar-refractivity contribution < 1.29 is 4.74 Å². The topological polar surface area (TPSA) is 92.8 Å². The molecule has 0 spiro atoms. The highest BCUT2D eigenvalue weighted by molar-refractivity contribution is 5.92. The first kappa shape index (κ1) is 15.8. The lowest BCUT2D eigenvalue weighted by Gasteiger charge is -2.09. The molecule has 0 saturated heterocycles. The van der Waals surface area contributed by atoms with Crippen molar-refractivity contribution in [1.29, 1.82) is 0 Å². The van der Waals surface area contributed by atoms with E-state index in [-0.39, 0.29) is 5.56 Å². The van der Waals surface area contributed by atoms with Crippen molar-refractivity contribution in [2.75, 3.05) is 12.4 Å². The van der Waals surface area contributed by atoms with Crippen LogP contribution in [0.1, 0.15) is 0 Å². The van der Waals surface area contributed by atoms with E-state index in [1.807, 2.05) is 36.4 Å². The Bertz CT molecular complexity index is 1110. The number of aromatic amines is 1. The molecule has 0 radical (unpaired) electrons. The molecule has 1 aromatic carbocycles. The maximum Gasteiger partial charge on any atom is 0.262 e. The van der Waals surface area contributed by atoms with Crippen LogP contribution in [0.15, 0.2) is 65.8 Å². The molecule has 4 rings (SSSR count). The van der Waals surface area contributed by atoms with E-state index in [1.165, 1.54) is 0 Å². The highest BCUT2D eigenvalue weighted by Crippen LogP contribution is 2.24. The normalized spacial score (nSPS) is 10.7. The third-order valence-corrected chi connectivity index (χ3v) is 3.95. The SMILES string of the molecule is COc1ccc(Nc2nc3nccc(-c4ccncc4)c3c(=O)[nH]2)cc1. The molecular weight excluding hydrogens is 330 g/mol. The smallest absolute Gasteiger partial charge is 0.262 e. The molecule has 0 aliphatic heterocycles. The third-order valence-electron chi connectivity index (χ3n) is 3.95. The Kier molecular flexibility index (Phi) is 4.03. The standard InChI is InChI=1S/C19H15N5O2/c1-26-14-4-2-13(3-5-14)22-19-23-17-16(18(25)24-19)15(8-11-21-17)12-6-9-20-10-7-12/h2-11H,1H3,(H2,21,22,23,24,25). The van der Waals surface area contributed by atoms with Crippen molar-refractivity contribution in [3.8, 4) is 16.9 Å². The van der Waals surface area contributed by atoms with Crippen molar-refractivity contribution in [1.82, 2.24) is 19.9 Å². The second-order valence-corrected chi connectivity index (χ2v) is 5.56. The van der Waals surface area contributed by atoms with Gasteiger partial charge in [-0.05, 0) is 53.6 Å². The molecule has 0 amide bonds. The summed E-state index contributed by atoms with van der Waals surface area (Å²) in [7, 11) is 1.61. The van der Waals surface area contributed by atoms with Crippen LogP contribution in [0.3, 0.4) is 0 Å². The van der Waals surface area contributed by atoms with Gasteiger partial charge < -0.3 is 10.1 Å². The number of benzene rings is 1. The molecule has 2 N–H and O–H groups in total. The summed E-state index contributed by atoms with van der Waals surface area (Å²) in [5.41, 5.74) is 2.54. The Labute approximate surface area is 148 Å². The van der Waals surface area contributed by atoms with Gasteiger partial charge in [-0.2, -0.15) is 4.98 Å². The van der Waals surface area contributed by atoms with Gasteiger partial charge in [0.25, 0.3) is 5.56 Å². The minimum absolute atomic E-state index is 0.258. The summed E-state index contributed by atoms with van der Waals surface area (Å²) in [6, 6.07) is 12.8. The second-order valence-electron chi connectivity index (χ2n) is 5.56. The first-order chi connectivity index (χ1) is 12.7. The van der Waals surface area contributed by atoms with Gasteiger partial charge in [0.1, 0.15) is 5.75 Å². The monoisotopic (exact) mass is 345 g/mol. The number of hydrogen-bond donors (Lipinski definition) is 2. The number of rotatable bonds is 4. The summed E-state index contributed by atoms with van der Waals surface area (Å²) in [6.45, 7) is 0. The molecule has 0 fully saturated rings. The molecule has 0 atom stereocenters. The molecule has 0 saturated carbocycles. The predicted molar refractivity (Wildman–Crippen MR) is 99.7 cm³/mol. The number of methoxy groups -OCH3 is 1. The number of H-pyrrole nitrogens is 1. The fourth-order valence-electron chi connectivity index (χ4n) is 2.71. The van der Waals surface area contributed by atoms with Crippen LogP contribution in [0.25, 0.3) is 22.2 Å². The maximum atomic E-state index is 12.7. The van der Waals surface area contributed by atoms with Gasteiger partial charge in [-0.15, -0.1) is 0 Å². The highest BCUT2D eigenvalue weighted by Gasteiger charge is 2.11. The molecule has 0 aliphatic carbocycles. The quantitative estimate of drug-likeness (QED) is 0.590. The average molecular weight is 345 g/mol. The zero-order valence-electron chi connectivity index (χ0n) is 13.9. The minimum atomic E-state index is -0.258. The van der Waals surface area contributed by atoms with Gasteiger partial charge in [0.05, 0.1) is 12.5 Å². The van der Waals surface area contributed by atoms with Crippen molar-refractivity contribution in [3.05, 3.63) is 71.4 Å². The number of hydrogen-bond acceptors (Lipinski definition) is 6. The molecular formula is C19H15N5O2. The number of nitrogens with zero attached hydrogens (tertiary/aromatic N) is 3. The van der Waals surface area contributed by atoms with Gasteiger partial charge in [0, 0.05) is 24.3 Å². The van der Waals surface area contributed by atoms with Gasteiger partial charge in [-0.1, -0.05) is 0 Å². The number of pyridine rings is 2. The van der Waals surface area contributed by atoms with Gasteiger partial charge in [-0.25, -0.2) is 4.98 Å². The van der Waals surface area contributed by atoms with E-state index in [4.69, 9.17) is 4.74 Å². The summed E-state index contributed by atoms with van der Waals surface area (Å²) >= 11 is 0. The number of ether oxygens (including phenoxy) is 1. The fourth-order valence-corrected chi connectivity index (χ4v) is 2.71. The zero-order valence-corrected chi connectivity index (χ0v) is 13.9. The molecule has 3 heterocycles. The van der Waals surface area contributed by atoms with Gasteiger partial charge >= 0.3 is 0 Å². The molecule has 7 heteroatoms. The molecule has 0 unspecified atom stereocenters. The number of aromatic nitrogens is 4. The van der Waals surface area contributed by atoms with Crippen LogP contribution in [-0.2, 0) is 0 Å². The molecule has 0 aliphatic rings. The fraction of sp³-hybridized carbons (Fsp3) is 0.0526. The Balaban J connectivity index is 1.76. The number of fused-ring (bicyclic) bond motifs is 1. The highest BCUT2D eigenvalue weighted by atomic mass is 16.5. The van der Waals surface area contributed by atoms with E-state index in [9.17, 15) is 4.79 Å². The van der Waals surface area contributed by atoms with Gasteiger partial charge in [-0.3, -0.25) is 14.8 Å². The van der Waals surface area contributed by atoms with Gasteiger partial charge in [0.15, 0.2) is 5.65 Å². The van der Waals surface area contributed by atoms with E-state index in [1.54, 1.807) is 31.8 Å². The summed E-state index contributed by atoms with van der Waals surface area (Å²) in [5.74, 6) is 1.08. The molecule has 3 aromatic heterocycles. The maximum absolute atomic E-state index is 12.7. The van der Waals surface area contributed by atoms with E-state index >= 15 is 0 Å². The summed E-state index contributed by atoms with van der Waals surface area (Å²) in [5, 5.41) is 3.52. The third kappa shape index (κ3) is 2.98. The molecule has 128 valence electrons.